The molecule has 0 amide bonds. The van der Waals surface area contributed by atoms with Crippen molar-refractivity contribution in [3.8, 4) is 0 Å². The van der Waals surface area contributed by atoms with E-state index < -0.39 is 0 Å². The topological polar surface area (TPSA) is 3.24 Å². The number of alkyl halides is 1. The van der Waals surface area contributed by atoms with E-state index in [1.165, 1.54) is 37.8 Å². The number of rotatable bonds is 3. The Bertz CT molecular complexity index is 429. The first-order valence-corrected chi connectivity index (χ1v) is 7.72. The third-order valence-electron chi connectivity index (χ3n) is 4.70. The Hall–Kier alpha value is -0.530. The first-order chi connectivity index (χ1) is 8.78. The molecule has 98 valence electrons. The smallest absolute Gasteiger partial charge is 0.0382 e. The van der Waals surface area contributed by atoms with Gasteiger partial charge in [-0.15, -0.1) is 11.6 Å². The lowest BCUT2D eigenvalue weighted by Gasteiger charge is -2.25. The van der Waals surface area contributed by atoms with Crippen molar-refractivity contribution in [2.45, 2.75) is 45.2 Å². The fourth-order valence-corrected chi connectivity index (χ4v) is 3.99. The highest BCUT2D eigenvalue weighted by atomic mass is 35.5. The normalized spacial score (nSPS) is 27.7. The van der Waals surface area contributed by atoms with Crippen LogP contribution in [0.3, 0.4) is 0 Å². The molecule has 1 aliphatic heterocycles. The molecule has 1 fully saturated rings. The van der Waals surface area contributed by atoms with Crippen molar-refractivity contribution in [1.29, 1.82) is 0 Å². The molecule has 1 aliphatic carbocycles. The Balaban J connectivity index is 1.73. The molecule has 2 aliphatic rings. The summed E-state index contributed by atoms with van der Waals surface area (Å²) in [5.41, 5.74) is 4.63. The van der Waals surface area contributed by atoms with E-state index in [0.717, 1.165) is 18.3 Å². The van der Waals surface area contributed by atoms with Crippen molar-refractivity contribution in [2.75, 3.05) is 12.4 Å². The van der Waals surface area contributed by atoms with Gasteiger partial charge in [-0.25, -0.2) is 0 Å². The number of likely N-dealkylation sites (tertiary alicyclic amines) is 1. The van der Waals surface area contributed by atoms with Crippen molar-refractivity contribution < 1.29 is 0 Å². The molecule has 18 heavy (non-hydrogen) atoms. The van der Waals surface area contributed by atoms with Gasteiger partial charge in [0.15, 0.2) is 0 Å². The van der Waals surface area contributed by atoms with Crippen LogP contribution in [0, 0.1) is 5.92 Å². The van der Waals surface area contributed by atoms with Gasteiger partial charge in [-0.3, -0.25) is 4.90 Å². The summed E-state index contributed by atoms with van der Waals surface area (Å²) in [7, 11) is 0. The number of hydrogen-bond donors (Lipinski definition) is 0. The molecular formula is C16H22ClN. The molecule has 0 aromatic heterocycles. The van der Waals surface area contributed by atoms with Crippen LogP contribution in [0.5, 0.6) is 0 Å². The van der Waals surface area contributed by atoms with Gasteiger partial charge in [-0.2, -0.15) is 0 Å². The predicted octanol–water partition coefficient (Wildman–Crippen LogP) is 3.62. The highest BCUT2D eigenvalue weighted by Crippen LogP contribution is 2.28. The summed E-state index contributed by atoms with van der Waals surface area (Å²) in [5.74, 6) is 1.52. The first-order valence-electron chi connectivity index (χ1n) is 7.18. The average molecular weight is 264 g/mol. The van der Waals surface area contributed by atoms with Crippen molar-refractivity contribution >= 4 is 11.6 Å². The largest absolute Gasteiger partial charge is 0.295 e. The van der Waals surface area contributed by atoms with Crippen LogP contribution in [0.2, 0.25) is 0 Å². The monoisotopic (exact) mass is 263 g/mol. The van der Waals surface area contributed by atoms with Gasteiger partial charge >= 0.3 is 0 Å². The van der Waals surface area contributed by atoms with Crippen molar-refractivity contribution in [3.05, 3.63) is 34.9 Å². The molecule has 0 radical (unpaired) electrons. The summed E-state index contributed by atoms with van der Waals surface area (Å²) in [5, 5.41) is 0. The van der Waals surface area contributed by atoms with Gasteiger partial charge < -0.3 is 0 Å². The Morgan fingerprint density at radius 3 is 2.94 bits per heavy atom. The van der Waals surface area contributed by atoms with E-state index in [9.17, 15) is 0 Å². The molecule has 3 rings (SSSR count). The Kier molecular flexibility index (Phi) is 3.63. The van der Waals surface area contributed by atoms with Crippen LogP contribution in [0.25, 0.3) is 0 Å². The maximum absolute atomic E-state index is 6.12. The van der Waals surface area contributed by atoms with E-state index in [-0.39, 0.29) is 0 Å². The number of nitrogens with zero attached hydrogens (tertiary/aromatic N) is 1. The zero-order chi connectivity index (χ0) is 12.5. The summed E-state index contributed by atoms with van der Waals surface area (Å²) in [6, 6.07) is 7.65. The Labute approximate surface area is 115 Å². The van der Waals surface area contributed by atoms with Crippen LogP contribution in [-0.4, -0.2) is 23.4 Å². The lowest BCUT2D eigenvalue weighted by Crippen LogP contribution is -2.33. The van der Waals surface area contributed by atoms with Gasteiger partial charge in [0.1, 0.15) is 0 Å². The minimum Gasteiger partial charge on any atom is -0.295 e. The van der Waals surface area contributed by atoms with Gasteiger partial charge in [0.25, 0.3) is 0 Å². The second-order valence-electron chi connectivity index (χ2n) is 5.91. The Morgan fingerprint density at radius 1 is 1.28 bits per heavy atom. The first kappa shape index (κ1) is 12.5. The van der Waals surface area contributed by atoms with Crippen LogP contribution < -0.4 is 0 Å². The standard InChI is InChI=1S/C16H22ClN/c1-12-7-8-18(16(12)10-17)11-13-5-6-14-3-2-4-15(14)9-13/h5-6,9,12,16H,2-4,7-8,10-11H2,1H3. The Morgan fingerprint density at radius 2 is 2.11 bits per heavy atom. The summed E-state index contributed by atoms with van der Waals surface area (Å²) in [4.78, 5) is 2.56. The minimum atomic E-state index is 0.569. The minimum absolute atomic E-state index is 0.569. The fourth-order valence-electron chi connectivity index (χ4n) is 3.49. The maximum Gasteiger partial charge on any atom is 0.0382 e. The molecule has 1 aromatic rings. The van der Waals surface area contributed by atoms with Crippen LogP contribution in [-0.2, 0) is 19.4 Å². The van der Waals surface area contributed by atoms with Gasteiger partial charge in [-0.05, 0) is 54.8 Å². The lowest BCUT2D eigenvalue weighted by atomic mass is 10.0. The number of benzene rings is 1. The van der Waals surface area contributed by atoms with Crippen molar-refractivity contribution in [1.82, 2.24) is 4.90 Å². The molecule has 1 aromatic carbocycles. The average Bonchev–Trinajstić information content (AvgIpc) is 2.96. The molecule has 0 spiro atoms. The van der Waals surface area contributed by atoms with E-state index in [0.29, 0.717) is 6.04 Å². The summed E-state index contributed by atoms with van der Waals surface area (Å²) < 4.78 is 0. The molecule has 2 unspecified atom stereocenters. The summed E-state index contributed by atoms with van der Waals surface area (Å²) in [6.45, 7) is 4.61. The molecular weight excluding hydrogens is 242 g/mol. The van der Waals surface area contributed by atoms with E-state index in [1.54, 1.807) is 11.1 Å². The SMILES string of the molecule is CC1CCN(Cc2ccc3c(c2)CCC3)C1CCl. The molecule has 1 heterocycles. The molecule has 0 N–H and O–H groups in total. The van der Waals surface area contributed by atoms with Gasteiger partial charge in [0.2, 0.25) is 0 Å². The zero-order valence-electron chi connectivity index (χ0n) is 11.2. The van der Waals surface area contributed by atoms with E-state index in [1.807, 2.05) is 0 Å². The predicted molar refractivity (Wildman–Crippen MR) is 77.2 cm³/mol. The van der Waals surface area contributed by atoms with Crippen LogP contribution >= 0.6 is 11.6 Å². The molecule has 1 saturated heterocycles. The van der Waals surface area contributed by atoms with Crippen molar-refractivity contribution in [3.63, 3.8) is 0 Å². The van der Waals surface area contributed by atoms with Gasteiger partial charge in [0, 0.05) is 18.5 Å². The van der Waals surface area contributed by atoms with Gasteiger partial charge in [-0.1, -0.05) is 25.1 Å². The highest BCUT2D eigenvalue weighted by molar-refractivity contribution is 6.18. The molecule has 2 atom stereocenters. The number of hydrogen-bond acceptors (Lipinski definition) is 1. The number of halogens is 1. The second-order valence-corrected chi connectivity index (χ2v) is 6.22. The number of fused-ring (bicyclic) bond motifs is 1. The number of aryl methyl sites for hydroxylation is 2. The quantitative estimate of drug-likeness (QED) is 0.753. The van der Waals surface area contributed by atoms with Crippen LogP contribution in [0.1, 0.15) is 36.5 Å². The van der Waals surface area contributed by atoms with Crippen LogP contribution in [0.15, 0.2) is 18.2 Å². The van der Waals surface area contributed by atoms with E-state index in [2.05, 4.69) is 30.0 Å². The maximum atomic E-state index is 6.12. The van der Waals surface area contributed by atoms with E-state index in [4.69, 9.17) is 11.6 Å². The van der Waals surface area contributed by atoms with Crippen molar-refractivity contribution in [2.24, 2.45) is 5.92 Å². The highest BCUT2D eigenvalue weighted by Gasteiger charge is 2.30. The molecule has 2 heteroatoms. The zero-order valence-corrected chi connectivity index (χ0v) is 11.9. The fraction of sp³-hybridized carbons (Fsp3) is 0.625. The summed E-state index contributed by atoms with van der Waals surface area (Å²) >= 11 is 6.12. The van der Waals surface area contributed by atoms with E-state index >= 15 is 0 Å². The third-order valence-corrected chi connectivity index (χ3v) is 5.02. The third kappa shape index (κ3) is 2.31. The lowest BCUT2D eigenvalue weighted by molar-refractivity contribution is 0.242. The van der Waals surface area contributed by atoms with Gasteiger partial charge in [0.05, 0.1) is 0 Å². The molecule has 1 nitrogen and oxygen atoms in total. The van der Waals surface area contributed by atoms with Crippen LogP contribution in [0.4, 0.5) is 0 Å². The second kappa shape index (κ2) is 5.22. The molecule has 0 saturated carbocycles. The molecule has 0 bridgehead atoms. The summed E-state index contributed by atoms with van der Waals surface area (Å²) in [6.07, 6.45) is 5.19.